The topological polar surface area (TPSA) is 110 Å². The fraction of sp³-hybridized carbons (Fsp3) is 0.0625. The number of nitrogens with one attached hydrogen (secondary N) is 2. The predicted octanol–water partition coefficient (Wildman–Crippen LogP) is 4.06. The molecule has 138 valence electrons. The summed E-state index contributed by atoms with van der Waals surface area (Å²) in [6.45, 7) is 0. The number of nitro groups is 1. The summed E-state index contributed by atoms with van der Waals surface area (Å²) >= 11 is 2.40. The highest BCUT2D eigenvalue weighted by atomic mass is 32.2. The van der Waals surface area contributed by atoms with Gasteiger partial charge in [0.15, 0.2) is 4.34 Å². The summed E-state index contributed by atoms with van der Waals surface area (Å²) in [6, 6.07) is 12.4. The van der Waals surface area contributed by atoms with E-state index in [2.05, 4.69) is 20.8 Å². The molecule has 2 aromatic carbocycles. The minimum atomic E-state index is -0.746. The Morgan fingerprint density at radius 3 is 2.74 bits per heavy atom. The lowest BCUT2D eigenvalue weighted by Gasteiger charge is -2.05. The van der Waals surface area contributed by atoms with Gasteiger partial charge >= 0.3 is 0 Å². The Balaban J connectivity index is 1.55. The van der Waals surface area contributed by atoms with Crippen LogP contribution in [0.25, 0.3) is 0 Å². The fourth-order valence-electron chi connectivity index (χ4n) is 2.00. The summed E-state index contributed by atoms with van der Waals surface area (Å²) < 4.78 is 14.3. The zero-order valence-corrected chi connectivity index (χ0v) is 15.2. The molecular formula is C16H12FN5O3S2. The van der Waals surface area contributed by atoms with Crippen LogP contribution in [0.4, 0.5) is 26.6 Å². The average Bonchev–Trinajstić information content (AvgIpc) is 3.10. The minimum absolute atomic E-state index is 0.0396. The van der Waals surface area contributed by atoms with Crippen LogP contribution in [-0.2, 0) is 4.79 Å². The van der Waals surface area contributed by atoms with E-state index in [0.29, 0.717) is 9.47 Å². The number of anilines is 3. The quantitative estimate of drug-likeness (QED) is 0.346. The van der Waals surface area contributed by atoms with Crippen molar-refractivity contribution in [2.75, 3.05) is 16.4 Å². The van der Waals surface area contributed by atoms with Crippen LogP contribution in [0, 0.1) is 15.9 Å². The van der Waals surface area contributed by atoms with Crippen LogP contribution in [0.5, 0.6) is 0 Å². The Bertz CT molecular complexity index is 968. The van der Waals surface area contributed by atoms with Gasteiger partial charge in [-0.05, 0) is 18.2 Å². The van der Waals surface area contributed by atoms with Gasteiger partial charge in [-0.15, -0.1) is 10.2 Å². The number of aromatic nitrogens is 2. The van der Waals surface area contributed by atoms with Crippen molar-refractivity contribution in [3.05, 3.63) is 64.5 Å². The van der Waals surface area contributed by atoms with Crippen molar-refractivity contribution in [2.45, 2.75) is 4.34 Å². The van der Waals surface area contributed by atoms with E-state index in [1.165, 1.54) is 11.3 Å². The second kappa shape index (κ2) is 8.56. The third kappa shape index (κ3) is 5.21. The number of para-hydroxylation sites is 1. The molecular weight excluding hydrogens is 393 g/mol. The molecule has 3 aromatic rings. The number of halogens is 1. The molecule has 8 nitrogen and oxygen atoms in total. The standard InChI is InChI=1S/C16H12FN5O3S2/c17-12-7-6-11(22(24)25)8-13(12)19-14(23)9-26-16-21-20-15(27-16)18-10-4-2-1-3-5-10/h1-8H,9H2,(H,18,20)(H,19,23). The van der Waals surface area contributed by atoms with Gasteiger partial charge in [-0.2, -0.15) is 0 Å². The van der Waals surface area contributed by atoms with Crippen LogP contribution in [0.1, 0.15) is 0 Å². The number of carbonyl (C=O) groups excluding carboxylic acids is 1. The summed E-state index contributed by atoms with van der Waals surface area (Å²) in [7, 11) is 0. The van der Waals surface area contributed by atoms with E-state index in [-0.39, 0.29) is 17.1 Å². The van der Waals surface area contributed by atoms with Gasteiger partial charge in [0.25, 0.3) is 5.69 Å². The molecule has 0 atom stereocenters. The first-order chi connectivity index (χ1) is 13.0. The minimum Gasteiger partial charge on any atom is -0.330 e. The van der Waals surface area contributed by atoms with Crippen molar-refractivity contribution < 1.29 is 14.1 Å². The molecule has 0 spiro atoms. The number of hydrogen-bond donors (Lipinski definition) is 2. The molecule has 3 rings (SSSR count). The second-order valence-corrected chi connectivity index (χ2v) is 7.32. The highest BCUT2D eigenvalue weighted by Gasteiger charge is 2.14. The normalized spacial score (nSPS) is 10.4. The molecule has 0 saturated carbocycles. The summed E-state index contributed by atoms with van der Waals surface area (Å²) in [6.07, 6.45) is 0. The lowest BCUT2D eigenvalue weighted by atomic mass is 10.2. The molecule has 27 heavy (non-hydrogen) atoms. The molecule has 0 fully saturated rings. The molecule has 1 heterocycles. The van der Waals surface area contributed by atoms with Crippen LogP contribution in [0.2, 0.25) is 0 Å². The number of thioether (sulfide) groups is 1. The second-order valence-electron chi connectivity index (χ2n) is 5.12. The predicted molar refractivity (Wildman–Crippen MR) is 102 cm³/mol. The molecule has 0 aliphatic carbocycles. The monoisotopic (exact) mass is 405 g/mol. The molecule has 0 saturated heterocycles. The first-order valence-electron chi connectivity index (χ1n) is 7.53. The van der Waals surface area contributed by atoms with Crippen molar-refractivity contribution in [1.29, 1.82) is 0 Å². The van der Waals surface area contributed by atoms with Crippen LogP contribution < -0.4 is 10.6 Å². The Hall–Kier alpha value is -3.05. The molecule has 1 amide bonds. The number of rotatable bonds is 7. The molecule has 11 heteroatoms. The number of benzene rings is 2. The van der Waals surface area contributed by atoms with E-state index < -0.39 is 16.6 Å². The maximum absolute atomic E-state index is 13.7. The van der Waals surface area contributed by atoms with Gasteiger partial charge < -0.3 is 10.6 Å². The summed E-state index contributed by atoms with van der Waals surface area (Å²) in [4.78, 5) is 22.1. The Morgan fingerprint density at radius 1 is 1.22 bits per heavy atom. The van der Waals surface area contributed by atoms with Crippen molar-refractivity contribution >= 4 is 51.2 Å². The molecule has 0 bridgehead atoms. The van der Waals surface area contributed by atoms with Gasteiger partial charge in [-0.25, -0.2) is 4.39 Å². The van der Waals surface area contributed by atoms with Gasteiger partial charge in [0, 0.05) is 17.8 Å². The van der Waals surface area contributed by atoms with Crippen LogP contribution in [0.15, 0.2) is 52.9 Å². The van der Waals surface area contributed by atoms with Gasteiger partial charge in [0.2, 0.25) is 11.0 Å². The van der Waals surface area contributed by atoms with Gasteiger partial charge in [-0.1, -0.05) is 41.3 Å². The van der Waals surface area contributed by atoms with Gasteiger partial charge in [-0.3, -0.25) is 14.9 Å². The Labute approximate surface area is 161 Å². The Kier molecular flexibility index (Phi) is 5.94. The lowest BCUT2D eigenvalue weighted by Crippen LogP contribution is -2.15. The highest BCUT2D eigenvalue weighted by Crippen LogP contribution is 2.28. The third-order valence-corrected chi connectivity index (χ3v) is 5.17. The molecule has 2 N–H and O–H groups in total. The van der Waals surface area contributed by atoms with Crippen molar-refractivity contribution in [1.82, 2.24) is 10.2 Å². The number of amides is 1. The summed E-state index contributed by atoms with van der Waals surface area (Å²) in [5.74, 6) is -1.29. The van der Waals surface area contributed by atoms with E-state index in [1.807, 2.05) is 30.3 Å². The van der Waals surface area contributed by atoms with Gasteiger partial charge in [0.1, 0.15) is 5.82 Å². The molecule has 0 aliphatic rings. The number of nitro benzene ring substituents is 1. The smallest absolute Gasteiger partial charge is 0.271 e. The number of non-ortho nitro benzene ring substituents is 1. The van der Waals surface area contributed by atoms with Crippen LogP contribution in [-0.4, -0.2) is 26.8 Å². The van der Waals surface area contributed by atoms with Crippen molar-refractivity contribution in [3.63, 3.8) is 0 Å². The highest BCUT2D eigenvalue weighted by molar-refractivity contribution is 8.01. The SMILES string of the molecule is O=C(CSc1nnc(Nc2ccccc2)s1)Nc1cc([N+](=O)[O-])ccc1F. The van der Waals surface area contributed by atoms with E-state index >= 15 is 0 Å². The van der Waals surface area contributed by atoms with E-state index in [4.69, 9.17) is 0 Å². The maximum atomic E-state index is 13.7. The Morgan fingerprint density at radius 2 is 2.00 bits per heavy atom. The molecule has 0 aliphatic heterocycles. The summed E-state index contributed by atoms with van der Waals surface area (Å²) in [5.41, 5.74) is 0.322. The molecule has 0 unspecified atom stereocenters. The fourth-order valence-corrected chi connectivity index (χ4v) is 3.57. The average molecular weight is 405 g/mol. The zero-order chi connectivity index (χ0) is 19.2. The maximum Gasteiger partial charge on any atom is 0.271 e. The lowest BCUT2D eigenvalue weighted by molar-refractivity contribution is -0.384. The van der Waals surface area contributed by atoms with E-state index in [9.17, 15) is 19.3 Å². The van der Waals surface area contributed by atoms with Crippen molar-refractivity contribution in [2.24, 2.45) is 0 Å². The third-order valence-electron chi connectivity index (χ3n) is 3.19. The van der Waals surface area contributed by atoms with E-state index in [1.54, 1.807) is 0 Å². The zero-order valence-electron chi connectivity index (χ0n) is 13.6. The first kappa shape index (κ1) is 18.7. The molecule has 0 radical (unpaired) electrons. The largest absolute Gasteiger partial charge is 0.330 e. The van der Waals surface area contributed by atoms with E-state index in [0.717, 1.165) is 35.6 Å². The first-order valence-corrected chi connectivity index (χ1v) is 9.33. The number of hydrogen-bond acceptors (Lipinski definition) is 8. The van der Waals surface area contributed by atoms with Crippen LogP contribution in [0.3, 0.4) is 0 Å². The van der Waals surface area contributed by atoms with Crippen molar-refractivity contribution in [3.8, 4) is 0 Å². The molecule has 1 aromatic heterocycles. The van der Waals surface area contributed by atoms with Gasteiger partial charge in [0.05, 0.1) is 16.4 Å². The number of nitrogens with zero attached hydrogens (tertiary/aromatic N) is 3. The summed E-state index contributed by atoms with van der Waals surface area (Å²) in [5, 5.41) is 24.7. The number of carbonyl (C=O) groups is 1. The van der Waals surface area contributed by atoms with Crippen LogP contribution >= 0.6 is 23.1 Å².